The van der Waals surface area contributed by atoms with Gasteiger partial charge in [-0.05, 0) is 42.5 Å². The van der Waals surface area contributed by atoms with Crippen LogP contribution in [0, 0.1) is 0 Å². The zero-order valence-corrected chi connectivity index (χ0v) is 14.6. The second-order valence-electron chi connectivity index (χ2n) is 5.38. The number of nitrogens with zero attached hydrogens (tertiary/aromatic N) is 3. The Balaban J connectivity index is 1.64. The molecule has 0 fully saturated rings. The molecule has 0 amide bonds. The molecule has 0 aliphatic heterocycles. The van der Waals surface area contributed by atoms with Gasteiger partial charge in [0.05, 0.1) is 16.3 Å². The molecule has 1 N–H and O–H groups in total. The first-order valence-electron chi connectivity index (χ1n) is 7.63. The van der Waals surface area contributed by atoms with Gasteiger partial charge in [-0.2, -0.15) is 0 Å². The van der Waals surface area contributed by atoms with Crippen LogP contribution in [-0.2, 0) is 6.61 Å². The summed E-state index contributed by atoms with van der Waals surface area (Å²) in [5.74, 6) is -0.862. The van der Waals surface area contributed by atoms with Crippen molar-refractivity contribution in [2.24, 2.45) is 0 Å². The number of aromatic carboxylic acids is 1. The van der Waals surface area contributed by atoms with Gasteiger partial charge in [0.25, 0.3) is 0 Å². The number of halogens is 4. The molecular formula is C17H11ClF3N3O4. The van der Waals surface area contributed by atoms with Crippen molar-refractivity contribution in [2.45, 2.75) is 13.0 Å². The number of carboxylic acids is 1. The molecule has 0 bridgehead atoms. The molecule has 0 atom stereocenters. The maximum Gasteiger partial charge on any atom is 0.573 e. The topological polar surface area (TPSA) is 86.5 Å². The molecule has 0 aliphatic rings. The Morgan fingerprint density at radius 1 is 1.14 bits per heavy atom. The largest absolute Gasteiger partial charge is 0.573 e. The summed E-state index contributed by atoms with van der Waals surface area (Å²) < 4.78 is 47.2. The molecule has 1 heterocycles. The molecule has 28 heavy (non-hydrogen) atoms. The average Bonchev–Trinajstić information content (AvgIpc) is 3.08. The van der Waals surface area contributed by atoms with Crippen molar-refractivity contribution in [3.8, 4) is 17.2 Å². The van der Waals surface area contributed by atoms with E-state index in [1.165, 1.54) is 41.3 Å². The summed E-state index contributed by atoms with van der Waals surface area (Å²) in [6.07, 6.45) is -3.39. The third-order valence-corrected chi connectivity index (χ3v) is 3.73. The van der Waals surface area contributed by atoms with Crippen LogP contribution in [0.25, 0.3) is 5.69 Å². The molecule has 7 nitrogen and oxygen atoms in total. The summed E-state index contributed by atoms with van der Waals surface area (Å²) in [5, 5.41) is 13.1. The first kappa shape index (κ1) is 19.5. The SMILES string of the molecule is O=C(O)c1ccc(OCc2ncn(-c3ccc(OC(F)(F)F)cc3)n2)cc1Cl. The lowest BCUT2D eigenvalue weighted by Gasteiger charge is -2.09. The van der Waals surface area contributed by atoms with E-state index in [2.05, 4.69) is 14.8 Å². The zero-order chi connectivity index (χ0) is 20.3. The number of carbonyl (C=O) groups is 1. The van der Waals surface area contributed by atoms with Crippen molar-refractivity contribution in [1.29, 1.82) is 0 Å². The Kier molecular flexibility index (Phi) is 5.41. The first-order valence-corrected chi connectivity index (χ1v) is 8.01. The van der Waals surface area contributed by atoms with Crippen LogP contribution >= 0.6 is 11.6 Å². The number of hydrogen-bond acceptors (Lipinski definition) is 5. The number of rotatable bonds is 6. The highest BCUT2D eigenvalue weighted by Gasteiger charge is 2.31. The van der Waals surface area contributed by atoms with Crippen LogP contribution in [-0.4, -0.2) is 32.2 Å². The lowest BCUT2D eigenvalue weighted by atomic mass is 10.2. The summed E-state index contributed by atoms with van der Waals surface area (Å²) in [5.41, 5.74) is 0.427. The van der Waals surface area contributed by atoms with Crippen LogP contribution in [0.5, 0.6) is 11.5 Å². The number of alkyl halides is 3. The molecular weight excluding hydrogens is 403 g/mol. The van der Waals surface area contributed by atoms with Crippen molar-refractivity contribution in [1.82, 2.24) is 14.8 Å². The molecule has 3 rings (SSSR count). The van der Waals surface area contributed by atoms with Crippen LogP contribution < -0.4 is 9.47 Å². The van der Waals surface area contributed by atoms with Crippen molar-refractivity contribution >= 4 is 17.6 Å². The van der Waals surface area contributed by atoms with Crippen LogP contribution in [0.3, 0.4) is 0 Å². The minimum absolute atomic E-state index is 0.0228. The number of hydrogen-bond donors (Lipinski definition) is 1. The van der Waals surface area contributed by atoms with Crippen molar-refractivity contribution in [2.75, 3.05) is 0 Å². The monoisotopic (exact) mass is 413 g/mol. The number of ether oxygens (including phenoxy) is 2. The summed E-state index contributed by atoms with van der Waals surface area (Å²) in [6, 6.07) is 9.23. The Labute approximate surface area is 160 Å². The summed E-state index contributed by atoms with van der Waals surface area (Å²) in [4.78, 5) is 15.0. The van der Waals surface area contributed by atoms with Gasteiger partial charge in [-0.25, -0.2) is 14.5 Å². The smallest absolute Gasteiger partial charge is 0.485 e. The van der Waals surface area contributed by atoms with Gasteiger partial charge in [0.15, 0.2) is 5.82 Å². The predicted octanol–water partition coefficient (Wildman–Crippen LogP) is 4.10. The first-order chi connectivity index (χ1) is 13.2. The van der Waals surface area contributed by atoms with E-state index in [4.69, 9.17) is 21.4 Å². The van der Waals surface area contributed by atoms with E-state index in [-0.39, 0.29) is 22.9 Å². The Morgan fingerprint density at radius 3 is 2.43 bits per heavy atom. The van der Waals surface area contributed by atoms with E-state index in [9.17, 15) is 18.0 Å². The normalized spacial score (nSPS) is 11.3. The van der Waals surface area contributed by atoms with Crippen molar-refractivity contribution < 1.29 is 32.5 Å². The van der Waals surface area contributed by atoms with Gasteiger partial charge in [-0.3, -0.25) is 0 Å². The van der Waals surface area contributed by atoms with Crippen molar-refractivity contribution in [3.05, 3.63) is 65.2 Å². The highest BCUT2D eigenvalue weighted by Crippen LogP contribution is 2.24. The molecule has 146 valence electrons. The summed E-state index contributed by atoms with van der Waals surface area (Å²) in [6.45, 7) is -0.0228. The van der Waals surface area contributed by atoms with Gasteiger partial charge < -0.3 is 14.6 Å². The minimum Gasteiger partial charge on any atom is -0.485 e. The molecule has 0 radical (unpaired) electrons. The fourth-order valence-corrected chi connectivity index (χ4v) is 2.45. The summed E-state index contributed by atoms with van der Waals surface area (Å²) >= 11 is 5.87. The Hall–Kier alpha value is -3.27. The number of carboxylic acid groups (broad SMARTS) is 1. The molecule has 0 spiro atoms. The molecule has 1 aromatic heterocycles. The molecule has 11 heteroatoms. The fraction of sp³-hybridized carbons (Fsp3) is 0.118. The van der Waals surface area contributed by atoms with Crippen LogP contribution in [0.2, 0.25) is 5.02 Å². The highest BCUT2D eigenvalue weighted by atomic mass is 35.5. The van der Waals surface area contributed by atoms with Gasteiger partial charge >= 0.3 is 12.3 Å². The van der Waals surface area contributed by atoms with E-state index in [1.54, 1.807) is 0 Å². The average molecular weight is 414 g/mol. The van der Waals surface area contributed by atoms with Crippen molar-refractivity contribution in [3.63, 3.8) is 0 Å². The molecule has 0 saturated heterocycles. The highest BCUT2D eigenvalue weighted by molar-refractivity contribution is 6.33. The van der Waals surface area contributed by atoms with Crippen LogP contribution in [0.15, 0.2) is 48.8 Å². The third-order valence-electron chi connectivity index (χ3n) is 3.41. The van der Waals surface area contributed by atoms with Gasteiger partial charge in [0, 0.05) is 0 Å². The molecule has 0 unspecified atom stereocenters. The Morgan fingerprint density at radius 2 is 1.82 bits per heavy atom. The maximum atomic E-state index is 12.2. The quantitative estimate of drug-likeness (QED) is 0.655. The number of benzene rings is 2. The van der Waals surface area contributed by atoms with Gasteiger partial charge in [0.1, 0.15) is 24.4 Å². The second kappa shape index (κ2) is 7.77. The lowest BCUT2D eigenvalue weighted by Crippen LogP contribution is -2.17. The van der Waals surface area contributed by atoms with E-state index in [0.29, 0.717) is 17.3 Å². The zero-order valence-electron chi connectivity index (χ0n) is 13.9. The van der Waals surface area contributed by atoms with E-state index < -0.39 is 12.3 Å². The summed E-state index contributed by atoms with van der Waals surface area (Å²) in [7, 11) is 0. The standard InChI is InChI=1S/C17H11ClF3N3O4/c18-14-7-12(5-6-13(14)16(25)26)27-8-15-22-9-24(23-15)10-1-3-11(4-2-10)28-17(19,20)21/h1-7,9H,8H2,(H,25,26). The fourth-order valence-electron chi connectivity index (χ4n) is 2.20. The number of aromatic nitrogens is 3. The molecule has 3 aromatic rings. The third kappa shape index (κ3) is 4.92. The molecule has 0 aliphatic carbocycles. The Bertz CT molecular complexity index is 990. The minimum atomic E-state index is -4.76. The van der Waals surface area contributed by atoms with Gasteiger partial charge in [-0.1, -0.05) is 11.6 Å². The van der Waals surface area contributed by atoms with E-state index >= 15 is 0 Å². The van der Waals surface area contributed by atoms with Gasteiger partial charge in [0.2, 0.25) is 0 Å². The molecule has 0 saturated carbocycles. The maximum absolute atomic E-state index is 12.2. The predicted molar refractivity (Wildman–Crippen MR) is 90.8 cm³/mol. The van der Waals surface area contributed by atoms with Gasteiger partial charge in [-0.15, -0.1) is 18.3 Å². The van der Waals surface area contributed by atoms with Crippen LogP contribution in [0.1, 0.15) is 16.2 Å². The lowest BCUT2D eigenvalue weighted by molar-refractivity contribution is -0.274. The van der Waals surface area contributed by atoms with E-state index in [1.807, 2.05) is 0 Å². The molecule has 2 aromatic carbocycles. The van der Waals surface area contributed by atoms with Crippen LogP contribution in [0.4, 0.5) is 13.2 Å². The van der Waals surface area contributed by atoms with E-state index in [0.717, 1.165) is 12.1 Å². The second-order valence-corrected chi connectivity index (χ2v) is 5.79.